The van der Waals surface area contributed by atoms with Gasteiger partial charge >= 0.3 is 0 Å². The van der Waals surface area contributed by atoms with Crippen LogP contribution in [0.15, 0.2) is 60.7 Å². The number of hydrogen-bond donors (Lipinski definition) is 1. The highest BCUT2D eigenvalue weighted by atomic mass is 14.8. The highest BCUT2D eigenvalue weighted by molar-refractivity contribution is 5.98. The minimum absolute atomic E-state index is 0.900. The summed E-state index contributed by atoms with van der Waals surface area (Å²) in [4.78, 5) is 0. The molecular formula is C19H19N. The lowest BCUT2D eigenvalue weighted by molar-refractivity contribution is 0.818. The standard InChI is InChI=1S/C19H19N/c1-14-10-11-16-7-3-4-9-18(16)19(14)17-8-5-6-15(12-17)13-20-2/h3-12,20H,13H2,1-2H3. The van der Waals surface area contributed by atoms with Crippen LogP contribution in [0.25, 0.3) is 21.9 Å². The Morgan fingerprint density at radius 1 is 0.900 bits per heavy atom. The van der Waals surface area contributed by atoms with Crippen LogP contribution in [-0.4, -0.2) is 7.05 Å². The van der Waals surface area contributed by atoms with Crippen molar-refractivity contribution in [1.29, 1.82) is 0 Å². The molecule has 3 aromatic rings. The molecule has 0 radical (unpaired) electrons. The predicted molar refractivity (Wildman–Crippen MR) is 86.9 cm³/mol. The summed E-state index contributed by atoms with van der Waals surface area (Å²) in [6, 6.07) is 21.8. The van der Waals surface area contributed by atoms with Gasteiger partial charge in [0.05, 0.1) is 0 Å². The summed E-state index contributed by atoms with van der Waals surface area (Å²) in [6.45, 7) is 3.09. The molecule has 0 fully saturated rings. The van der Waals surface area contributed by atoms with Gasteiger partial charge in [0, 0.05) is 6.54 Å². The van der Waals surface area contributed by atoms with E-state index in [9.17, 15) is 0 Å². The topological polar surface area (TPSA) is 12.0 Å². The second kappa shape index (κ2) is 5.48. The van der Waals surface area contributed by atoms with E-state index in [-0.39, 0.29) is 0 Å². The molecule has 1 N–H and O–H groups in total. The summed E-state index contributed by atoms with van der Waals surface area (Å²) >= 11 is 0. The molecule has 1 heteroatoms. The van der Waals surface area contributed by atoms with Crippen molar-refractivity contribution >= 4 is 10.8 Å². The molecule has 0 heterocycles. The number of nitrogens with one attached hydrogen (secondary N) is 1. The van der Waals surface area contributed by atoms with Crippen molar-refractivity contribution in [2.45, 2.75) is 13.5 Å². The van der Waals surface area contributed by atoms with Crippen LogP contribution in [0.1, 0.15) is 11.1 Å². The molecule has 0 unspecified atom stereocenters. The van der Waals surface area contributed by atoms with Crippen molar-refractivity contribution in [3.63, 3.8) is 0 Å². The van der Waals surface area contributed by atoms with Crippen LogP contribution in [0, 0.1) is 6.92 Å². The molecule has 0 bridgehead atoms. The maximum atomic E-state index is 3.21. The molecule has 0 aromatic heterocycles. The Bertz CT molecular complexity index is 744. The summed E-state index contributed by atoms with van der Waals surface area (Å²) in [5.74, 6) is 0. The molecule has 20 heavy (non-hydrogen) atoms. The van der Waals surface area contributed by atoms with Crippen LogP contribution < -0.4 is 5.32 Å². The van der Waals surface area contributed by atoms with Crippen molar-refractivity contribution in [3.05, 3.63) is 71.8 Å². The highest BCUT2D eigenvalue weighted by Crippen LogP contribution is 2.32. The van der Waals surface area contributed by atoms with Gasteiger partial charge in [-0.3, -0.25) is 0 Å². The third kappa shape index (κ3) is 2.33. The van der Waals surface area contributed by atoms with E-state index in [1.54, 1.807) is 0 Å². The number of fused-ring (bicyclic) bond motifs is 1. The van der Waals surface area contributed by atoms with E-state index in [0.29, 0.717) is 0 Å². The summed E-state index contributed by atoms with van der Waals surface area (Å²) < 4.78 is 0. The van der Waals surface area contributed by atoms with Crippen molar-refractivity contribution in [2.24, 2.45) is 0 Å². The molecule has 0 atom stereocenters. The van der Waals surface area contributed by atoms with Gasteiger partial charge in [0.2, 0.25) is 0 Å². The summed E-state index contributed by atoms with van der Waals surface area (Å²) in [6.07, 6.45) is 0. The quantitative estimate of drug-likeness (QED) is 0.730. The van der Waals surface area contributed by atoms with Gasteiger partial charge in [0.15, 0.2) is 0 Å². The van der Waals surface area contributed by atoms with E-state index < -0.39 is 0 Å². The van der Waals surface area contributed by atoms with Gasteiger partial charge in [-0.25, -0.2) is 0 Å². The fourth-order valence-corrected chi connectivity index (χ4v) is 2.80. The van der Waals surface area contributed by atoms with Gasteiger partial charge in [-0.15, -0.1) is 0 Å². The van der Waals surface area contributed by atoms with Gasteiger partial charge in [0.1, 0.15) is 0 Å². The third-order valence-electron chi connectivity index (χ3n) is 3.73. The van der Waals surface area contributed by atoms with Crippen molar-refractivity contribution in [1.82, 2.24) is 5.32 Å². The minimum Gasteiger partial charge on any atom is -0.316 e. The van der Waals surface area contributed by atoms with Gasteiger partial charge in [-0.2, -0.15) is 0 Å². The summed E-state index contributed by atoms with van der Waals surface area (Å²) in [7, 11) is 1.98. The van der Waals surface area contributed by atoms with Crippen LogP contribution >= 0.6 is 0 Å². The van der Waals surface area contributed by atoms with Gasteiger partial charge in [0.25, 0.3) is 0 Å². The van der Waals surface area contributed by atoms with Crippen molar-refractivity contribution < 1.29 is 0 Å². The molecule has 0 aliphatic carbocycles. The van der Waals surface area contributed by atoms with Crippen LogP contribution in [-0.2, 0) is 6.54 Å². The number of benzene rings is 3. The van der Waals surface area contributed by atoms with Gasteiger partial charge < -0.3 is 5.32 Å². The smallest absolute Gasteiger partial charge is 0.0202 e. The molecule has 1 nitrogen and oxygen atoms in total. The largest absolute Gasteiger partial charge is 0.316 e. The second-order valence-electron chi connectivity index (χ2n) is 5.21. The van der Waals surface area contributed by atoms with E-state index in [2.05, 4.69) is 72.9 Å². The summed E-state index contributed by atoms with van der Waals surface area (Å²) in [5.41, 5.74) is 5.29. The van der Waals surface area contributed by atoms with E-state index in [1.807, 2.05) is 7.05 Å². The SMILES string of the molecule is CNCc1cccc(-c2c(C)ccc3ccccc23)c1. The zero-order valence-electron chi connectivity index (χ0n) is 12.0. The zero-order valence-corrected chi connectivity index (χ0v) is 12.0. The maximum absolute atomic E-state index is 3.21. The Kier molecular flexibility index (Phi) is 3.53. The Morgan fingerprint density at radius 2 is 1.75 bits per heavy atom. The number of hydrogen-bond acceptors (Lipinski definition) is 1. The van der Waals surface area contributed by atoms with Crippen LogP contribution in [0.3, 0.4) is 0 Å². The lowest BCUT2D eigenvalue weighted by Crippen LogP contribution is -2.04. The molecule has 0 spiro atoms. The van der Waals surface area contributed by atoms with E-state index in [4.69, 9.17) is 0 Å². The lowest BCUT2D eigenvalue weighted by atomic mass is 9.93. The molecule has 0 saturated heterocycles. The van der Waals surface area contributed by atoms with E-state index in [1.165, 1.54) is 33.0 Å². The molecule has 3 rings (SSSR count). The third-order valence-corrected chi connectivity index (χ3v) is 3.73. The lowest BCUT2D eigenvalue weighted by Gasteiger charge is -2.12. The first-order valence-electron chi connectivity index (χ1n) is 7.02. The van der Waals surface area contributed by atoms with Crippen molar-refractivity contribution in [2.75, 3.05) is 7.05 Å². The number of rotatable bonds is 3. The van der Waals surface area contributed by atoms with Gasteiger partial charge in [-0.1, -0.05) is 54.6 Å². The molecular weight excluding hydrogens is 242 g/mol. The maximum Gasteiger partial charge on any atom is 0.0202 e. The van der Waals surface area contributed by atoms with Crippen LogP contribution in [0.4, 0.5) is 0 Å². The molecule has 0 aliphatic rings. The predicted octanol–water partition coefficient (Wildman–Crippen LogP) is 4.53. The Morgan fingerprint density at radius 3 is 2.60 bits per heavy atom. The first-order chi connectivity index (χ1) is 9.79. The molecule has 100 valence electrons. The molecule has 0 aliphatic heterocycles. The fourth-order valence-electron chi connectivity index (χ4n) is 2.80. The average Bonchev–Trinajstić information content (AvgIpc) is 2.48. The normalized spacial score (nSPS) is 10.9. The monoisotopic (exact) mass is 261 g/mol. The van der Waals surface area contributed by atoms with Crippen LogP contribution in [0.2, 0.25) is 0 Å². The first kappa shape index (κ1) is 12.9. The summed E-state index contributed by atoms with van der Waals surface area (Å²) in [5, 5.41) is 5.84. The minimum atomic E-state index is 0.900. The Balaban J connectivity index is 2.23. The first-order valence-corrected chi connectivity index (χ1v) is 7.02. The molecule has 3 aromatic carbocycles. The van der Waals surface area contributed by atoms with Crippen molar-refractivity contribution in [3.8, 4) is 11.1 Å². The van der Waals surface area contributed by atoms with E-state index in [0.717, 1.165) is 6.54 Å². The Labute approximate surface area is 120 Å². The average molecular weight is 261 g/mol. The van der Waals surface area contributed by atoms with E-state index >= 15 is 0 Å². The highest BCUT2D eigenvalue weighted by Gasteiger charge is 2.07. The molecule has 0 amide bonds. The fraction of sp³-hybridized carbons (Fsp3) is 0.158. The number of aryl methyl sites for hydroxylation is 1. The molecule has 0 saturated carbocycles. The van der Waals surface area contributed by atoms with Gasteiger partial charge in [-0.05, 0) is 53.1 Å². The van der Waals surface area contributed by atoms with Crippen LogP contribution in [0.5, 0.6) is 0 Å². The Hall–Kier alpha value is -2.12. The second-order valence-corrected chi connectivity index (χ2v) is 5.21. The zero-order chi connectivity index (χ0) is 13.9.